The maximum absolute atomic E-state index is 11.9. The van der Waals surface area contributed by atoms with Crippen LogP contribution in [0.25, 0.3) is 10.2 Å². The number of nitrogens with one attached hydrogen (secondary N) is 2. The van der Waals surface area contributed by atoms with Gasteiger partial charge < -0.3 is 5.32 Å². The number of rotatable bonds is 3. The van der Waals surface area contributed by atoms with E-state index in [0.717, 1.165) is 21.3 Å². The predicted molar refractivity (Wildman–Crippen MR) is 86.7 cm³/mol. The van der Waals surface area contributed by atoms with Crippen molar-refractivity contribution in [2.24, 2.45) is 0 Å². The minimum absolute atomic E-state index is 0.240. The molecule has 0 aliphatic heterocycles. The third-order valence-corrected chi connectivity index (χ3v) is 4.07. The standard InChI is InChI=1S/C16H15N3OS/c1-11-6-5-9-13-14(11)18-16(21-13)19-15(20)17-10-12-7-3-2-4-8-12/h2-9H,10H2,1H3,(H2,17,18,19,20). The highest BCUT2D eigenvalue weighted by molar-refractivity contribution is 7.22. The molecule has 0 spiro atoms. The van der Waals surface area contributed by atoms with E-state index in [1.165, 1.54) is 11.3 Å². The molecule has 4 nitrogen and oxygen atoms in total. The molecule has 1 heterocycles. The first-order valence-corrected chi connectivity index (χ1v) is 7.49. The Morgan fingerprint density at radius 3 is 2.71 bits per heavy atom. The predicted octanol–water partition coefficient (Wildman–Crippen LogP) is 3.93. The van der Waals surface area contributed by atoms with Gasteiger partial charge in [-0.15, -0.1) is 0 Å². The number of nitrogens with zero attached hydrogens (tertiary/aromatic N) is 1. The Hall–Kier alpha value is -2.40. The first-order valence-electron chi connectivity index (χ1n) is 6.67. The summed E-state index contributed by atoms with van der Waals surface area (Å²) in [5.74, 6) is 0. The highest BCUT2D eigenvalue weighted by Crippen LogP contribution is 2.27. The van der Waals surface area contributed by atoms with E-state index in [2.05, 4.69) is 15.6 Å². The van der Waals surface area contributed by atoms with E-state index in [0.29, 0.717) is 11.7 Å². The molecule has 1 aromatic heterocycles. The Morgan fingerprint density at radius 1 is 1.14 bits per heavy atom. The molecule has 0 aliphatic carbocycles. The van der Waals surface area contributed by atoms with Crippen LogP contribution in [0.1, 0.15) is 11.1 Å². The Balaban J connectivity index is 1.65. The third kappa shape index (κ3) is 3.20. The van der Waals surface area contributed by atoms with Crippen molar-refractivity contribution >= 4 is 32.7 Å². The second-order valence-corrected chi connectivity index (χ2v) is 5.76. The maximum Gasteiger partial charge on any atom is 0.321 e. The molecule has 3 aromatic rings. The molecule has 2 amide bonds. The fourth-order valence-corrected chi connectivity index (χ4v) is 3.00. The highest BCUT2D eigenvalue weighted by atomic mass is 32.1. The lowest BCUT2D eigenvalue weighted by atomic mass is 10.2. The average Bonchev–Trinajstić information content (AvgIpc) is 2.90. The van der Waals surface area contributed by atoms with Gasteiger partial charge in [0.15, 0.2) is 5.13 Å². The SMILES string of the molecule is Cc1cccc2sc(NC(=O)NCc3ccccc3)nc12. The van der Waals surface area contributed by atoms with Gasteiger partial charge in [0.05, 0.1) is 10.2 Å². The Labute approximate surface area is 126 Å². The second kappa shape index (κ2) is 5.93. The Bertz CT molecular complexity index is 768. The van der Waals surface area contributed by atoms with Gasteiger partial charge in [0.2, 0.25) is 0 Å². The number of amides is 2. The molecule has 0 bridgehead atoms. The minimum atomic E-state index is -0.240. The lowest BCUT2D eigenvalue weighted by molar-refractivity contribution is 0.251. The van der Waals surface area contributed by atoms with Crippen LogP contribution in [0.2, 0.25) is 0 Å². The molecule has 0 atom stereocenters. The van der Waals surface area contributed by atoms with Crippen LogP contribution < -0.4 is 10.6 Å². The van der Waals surface area contributed by atoms with E-state index >= 15 is 0 Å². The zero-order valence-corrected chi connectivity index (χ0v) is 12.4. The number of fused-ring (bicyclic) bond motifs is 1. The summed E-state index contributed by atoms with van der Waals surface area (Å²) in [4.78, 5) is 16.3. The fraction of sp³-hybridized carbons (Fsp3) is 0.125. The lowest BCUT2D eigenvalue weighted by Gasteiger charge is -2.05. The number of thiazole rings is 1. The molecule has 2 N–H and O–H groups in total. The fourth-order valence-electron chi connectivity index (χ4n) is 2.06. The lowest BCUT2D eigenvalue weighted by Crippen LogP contribution is -2.28. The molecular formula is C16H15N3OS. The summed E-state index contributed by atoms with van der Waals surface area (Å²) in [7, 11) is 0. The van der Waals surface area contributed by atoms with Crippen LogP contribution in [0.5, 0.6) is 0 Å². The number of para-hydroxylation sites is 1. The summed E-state index contributed by atoms with van der Waals surface area (Å²) >= 11 is 1.48. The topological polar surface area (TPSA) is 54.0 Å². The maximum atomic E-state index is 11.9. The van der Waals surface area contributed by atoms with Crippen LogP contribution in [-0.2, 0) is 6.54 Å². The molecular weight excluding hydrogens is 282 g/mol. The van der Waals surface area contributed by atoms with Gasteiger partial charge in [0.1, 0.15) is 0 Å². The van der Waals surface area contributed by atoms with Crippen molar-refractivity contribution in [3.63, 3.8) is 0 Å². The number of aromatic nitrogens is 1. The number of anilines is 1. The number of carbonyl (C=O) groups is 1. The average molecular weight is 297 g/mol. The molecule has 0 saturated carbocycles. The van der Waals surface area contributed by atoms with E-state index in [4.69, 9.17) is 0 Å². The third-order valence-electron chi connectivity index (χ3n) is 3.14. The molecule has 106 valence electrons. The van der Waals surface area contributed by atoms with E-state index in [9.17, 15) is 4.79 Å². The number of benzene rings is 2. The van der Waals surface area contributed by atoms with Crippen molar-refractivity contribution in [1.82, 2.24) is 10.3 Å². The van der Waals surface area contributed by atoms with Gasteiger partial charge in [-0.05, 0) is 24.1 Å². The van der Waals surface area contributed by atoms with Crippen molar-refractivity contribution < 1.29 is 4.79 Å². The van der Waals surface area contributed by atoms with Gasteiger partial charge in [-0.3, -0.25) is 5.32 Å². The van der Waals surface area contributed by atoms with Gasteiger partial charge in [-0.1, -0.05) is 53.8 Å². The van der Waals surface area contributed by atoms with Crippen LogP contribution >= 0.6 is 11.3 Å². The van der Waals surface area contributed by atoms with Crippen molar-refractivity contribution in [3.8, 4) is 0 Å². The van der Waals surface area contributed by atoms with Crippen LogP contribution in [0.4, 0.5) is 9.93 Å². The molecule has 0 fully saturated rings. The minimum Gasteiger partial charge on any atom is -0.334 e. The summed E-state index contributed by atoms with van der Waals surface area (Å²) < 4.78 is 1.08. The van der Waals surface area contributed by atoms with Crippen LogP contribution in [0.15, 0.2) is 48.5 Å². The Morgan fingerprint density at radius 2 is 1.95 bits per heavy atom. The van der Waals surface area contributed by atoms with E-state index in [1.807, 2.05) is 55.5 Å². The van der Waals surface area contributed by atoms with Crippen molar-refractivity contribution in [1.29, 1.82) is 0 Å². The molecule has 0 aliphatic rings. The largest absolute Gasteiger partial charge is 0.334 e. The Kier molecular flexibility index (Phi) is 3.83. The normalized spacial score (nSPS) is 10.5. The monoisotopic (exact) mass is 297 g/mol. The molecule has 21 heavy (non-hydrogen) atoms. The van der Waals surface area contributed by atoms with Crippen LogP contribution in [0, 0.1) is 6.92 Å². The van der Waals surface area contributed by atoms with Gasteiger partial charge in [-0.2, -0.15) is 0 Å². The zero-order chi connectivity index (χ0) is 14.7. The first kappa shape index (κ1) is 13.6. The van der Waals surface area contributed by atoms with Crippen LogP contribution in [-0.4, -0.2) is 11.0 Å². The van der Waals surface area contributed by atoms with E-state index in [-0.39, 0.29) is 6.03 Å². The molecule has 0 saturated heterocycles. The summed E-state index contributed by atoms with van der Waals surface area (Å²) in [6.07, 6.45) is 0. The molecule has 0 radical (unpaired) electrons. The van der Waals surface area contributed by atoms with Gasteiger partial charge in [-0.25, -0.2) is 9.78 Å². The number of hydrogen-bond acceptors (Lipinski definition) is 3. The summed E-state index contributed by atoms with van der Waals surface area (Å²) in [6.45, 7) is 2.51. The van der Waals surface area contributed by atoms with Crippen molar-refractivity contribution in [2.45, 2.75) is 13.5 Å². The molecule has 0 unspecified atom stereocenters. The second-order valence-electron chi connectivity index (χ2n) is 4.73. The van der Waals surface area contributed by atoms with Gasteiger partial charge in [0, 0.05) is 6.54 Å². The van der Waals surface area contributed by atoms with Crippen molar-refractivity contribution in [2.75, 3.05) is 5.32 Å². The number of aryl methyl sites for hydroxylation is 1. The molecule has 2 aromatic carbocycles. The summed E-state index contributed by atoms with van der Waals surface area (Å²) in [6, 6.07) is 15.6. The number of carbonyl (C=O) groups excluding carboxylic acids is 1. The zero-order valence-electron chi connectivity index (χ0n) is 11.6. The first-order chi connectivity index (χ1) is 10.2. The smallest absolute Gasteiger partial charge is 0.321 e. The molecule has 3 rings (SSSR count). The highest BCUT2D eigenvalue weighted by Gasteiger charge is 2.08. The van der Waals surface area contributed by atoms with Crippen LogP contribution in [0.3, 0.4) is 0 Å². The quantitative estimate of drug-likeness (QED) is 0.769. The summed E-state index contributed by atoms with van der Waals surface area (Å²) in [5.41, 5.74) is 3.12. The summed E-state index contributed by atoms with van der Waals surface area (Å²) in [5, 5.41) is 6.22. The molecule has 5 heteroatoms. The van der Waals surface area contributed by atoms with Gasteiger partial charge in [0.25, 0.3) is 0 Å². The van der Waals surface area contributed by atoms with E-state index in [1.54, 1.807) is 0 Å². The van der Waals surface area contributed by atoms with Gasteiger partial charge >= 0.3 is 6.03 Å². The van der Waals surface area contributed by atoms with Crippen molar-refractivity contribution in [3.05, 3.63) is 59.7 Å². The number of hydrogen-bond donors (Lipinski definition) is 2. The van der Waals surface area contributed by atoms with E-state index < -0.39 is 0 Å². The number of urea groups is 1.